The minimum atomic E-state index is -0.0179. The molecule has 0 aromatic heterocycles. The van der Waals surface area contributed by atoms with Crippen molar-refractivity contribution in [2.24, 2.45) is 5.92 Å². The Morgan fingerprint density at radius 1 is 1.12 bits per heavy atom. The lowest BCUT2D eigenvalue weighted by molar-refractivity contribution is -0.121. The lowest BCUT2D eigenvalue weighted by Gasteiger charge is -2.11. The fourth-order valence-electron chi connectivity index (χ4n) is 2.45. The molecule has 138 valence electrons. The maximum Gasteiger partial charge on any atom is 0.227 e. The largest absolute Gasteiger partial charge is 0.352 e. The zero-order chi connectivity index (χ0) is 18.9. The van der Waals surface area contributed by atoms with Crippen LogP contribution in [0.2, 0.25) is 0 Å². The van der Waals surface area contributed by atoms with E-state index in [1.165, 1.54) is 0 Å². The predicted octanol–water partition coefficient (Wildman–Crippen LogP) is 4.68. The van der Waals surface area contributed by atoms with Crippen LogP contribution in [-0.2, 0) is 22.6 Å². The Kier molecular flexibility index (Phi) is 7.85. The number of halogens is 1. The van der Waals surface area contributed by atoms with Crippen molar-refractivity contribution in [1.82, 2.24) is 5.32 Å². The van der Waals surface area contributed by atoms with Crippen molar-refractivity contribution >= 4 is 33.4 Å². The van der Waals surface area contributed by atoms with Crippen molar-refractivity contribution in [2.75, 3.05) is 5.32 Å². The molecule has 0 radical (unpaired) electrons. The van der Waals surface area contributed by atoms with Crippen molar-refractivity contribution in [2.45, 2.75) is 39.7 Å². The maximum atomic E-state index is 12.1. The summed E-state index contributed by atoms with van der Waals surface area (Å²) in [5, 5.41) is 5.85. The van der Waals surface area contributed by atoms with Crippen LogP contribution in [0.3, 0.4) is 0 Å². The van der Waals surface area contributed by atoms with Crippen molar-refractivity contribution < 1.29 is 9.59 Å². The standard InChI is InChI=1S/C21H25BrN2O2/c1-3-15(2)21(26)24-18-9-6-7-16(13-18)14-23-20(25)12-11-17-8-4-5-10-19(17)22/h4-10,13,15H,3,11-12,14H2,1-2H3,(H,23,25)(H,24,26). The van der Waals surface area contributed by atoms with E-state index in [-0.39, 0.29) is 17.7 Å². The van der Waals surface area contributed by atoms with Crippen LogP contribution in [0.5, 0.6) is 0 Å². The second-order valence-electron chi connectivity index (χ2n) is 6.37. The molecule has 2 rings (SSSR count). The summed E-state index contributed by atoms with van der Waals surface area (Å²) in [6.07, 6.45) is 1.93. The van der Waals surface area contributed by atoms with E-state index >= 15 is 0 Å². The number of carbonyl (C=O) groups is 2. The van der Waals surface area contributed by atoms with Crippen molar-refractivity contribution in [3.63, 3.8) is 0 Å². The summed E-state index contributed by atoms with van der Waals surface area (Å²) in [6, 6.07) is 15.5. The van der Waals surface area contributed by atoms with Gasteiger partial charge in [0.1, 0.15) is 0 Å². The number of hydrogen-bond donors (Lipinski definition) is 2. The quantitative estimate of drug-likeness (QED) is 0.655. The molecule has 2 aromatic rings. The number of nitrogens with one attached hydrogen (secondary N) is 2. The molecule has 0 spiro atoms. The van der Waals surface area contributed by atoms with Gasteiger partial charge in [-0.1, -0.05) is 60.1 Å². The topological polar surface area (TPSA) is 58.2 Å². The minimum absolute atomic E-state index is 0.00907. The third-order valence-electron chi connectivity index (χ3n) is 4.32. The van der Waals surface area contributed by atoms with Crippen LogP contribution in [0.15, 0.2) is 53.0 Å². The Bertz CT molecular complexity index is 761. The third kappa shape index (κ3) is 6.30. The van der Waals surface area contributed by atoms with Crippen LogP contribution in [0.25, 0.3) is 0 Å². The van der Waals surface area contributed by atoms with Gasteiger partial charge < -0.3 is 10.6 Å². The summed E-state index contributed by atoms with van der Waals surface area (Å²) < 4.78 is 1.03. The van der Waals surface area contributed by atoms with Crippen molar-refractivity contribution in [1.29, 1.82) is 0 Å². The van der Waals surface area contributed by atoms with E-state index in [2.05, 4.69) is 26.6 Å². The SMILES string of the molecule is CCC(C)C(=O)Nc1cccc(CNC(=O)CCc2ccccc2Br)c1. The van der Waals surface area contributed by atoms with Crippen LogP contribution < -0.4 is 10.6 Å². The molecule has 5 heteroatoms. The molecule has 2 aromatic carbocycles. The molecule has 2 amide bonds. The molecule has 0 bridgehead atoms. The van der Waals surface area contributed by atoms with E-state index in [4.69, 9.17) is 0 Å². The highest BCUT2D eigenvalue weighted by Crippen LogP contribution is 2.17. The second kappa shape index (κ2) is 10.1. The van der Waals surface area contributed by atoms with E-state index < -0.39 is 0 Å². The van der Waals surface area contributed by atoms with Gasteiger partial charge in [0.2, 0.25) is 11.8 Å². The van der Waals surface area contributed by atoms with E-state index in [9.17, 15) is 9.59 Å². The Morgan fingerprint density at radius 2 is 1.88 bits per heavy atom. The van der Waals surface area contributed by atoms with E-state index in [0.717, 1.165) is 27.7 Å². The molecule has 0 fully saturated rings. The molecule has 0 saturated carbocycles. The van der Waals surface area contributed by atoms with Crippen LogP contribution in [0, 0.1) is 5.92 Å². The molecule has 0 aliphatic carbocycles. The Balaban J connectivity index is 1.83. The number of aryl methyl sites for hydroxylation is 1. The smallest absolute Gasteiger partial charge is 0.227 e. The predicted molar refractivity (Wildman–Crippen MR) is 109 cm³/mol. The maximum absolute atomic E-state index is 12.1. The van der Waals surface area contributed by atoms with E-state index in [1.807, 2.05) is 62.4 Å². The van der Waals surface area contributed by atoms with Crippen molar-refractivity contribution in [3.8, 4) is 0 Å². The van der Waals surface area contributed by atoms with Gasteiger partial charge in [0, 0.05) is 29.0 Å². The monoisotopic (exact) mass is 416 g/mol. The number of carbonyl (C=O) groups excluding carboxylic acids is 2. The van der Waals surface area contributed by atoms with Gasteiger partial charge in [-0.15, -0.1) is 0 Å². The highest BCUT2D eigenvalue weighted by Gasteiger charge is 2.11. The summed E-state index contributed by atoms with van der Waals surface area (Å²) in [5.74, 6) is 0.00703. The molecule has 0 aliphatic rings. The van der Waals surface area contributed by atoms with E-state index in [0.29, 0.717) is 19.4 Å². The number of anilines is 1. The third-order valence-corrected chi connectivity index (χ3v) is 5.10. The number of rotatable bonds is 8. The molecule has 4 nitrogen and oxygen atoms in total. The average molecular weight is 417 g/mol. The normalized spacial score (nSPS) is 11.7. The molecule has 0 aliphatic heterocycles. The van der Waals surface area contributed by atoms with Gasteiger partial charge in [-0.3, -0.25) is 9.59 Å². The summed E-state index contributed by atoms with van der Waals surface area (Å²) in [5.41, 5.74) is 2.84. The van der Waals surface area contributed by atoms with Gasteiger partial charge >= 0.3 is 0 Å². The molecular formula is C21H25BrN2O2. The summed E-state index contributed by atoms with van der Waals surface area (Å²) in [4.78, 5) is 24.1. The summed E-state index contributed by atoms with van der Waals surface area (Å²) in [6.45, 7) is 4.34. The molecule has 1 unspecified atom stereocenters. The molecular weight excluding hydrogens is 392 g/mol. The van der Waals surface area contributed by atoms with Crippen LogP contribution in [0.4, 0.5) is 5.69 Å². The van der Waals surface area contributed by atoms with Gasteiger partial charge in [-0.2, -0.15) is 0 Å². The first kappa shape index (κ1) is 20.2. The Labute approximate surface area is 163 Å². The fourth-order valence-corrected chi connectivity index (χ4v) is 2.93. The second-order valence-corrected chi connectivity index (χ2v) is 7.22. The molecule has 0 heterocycles. The number of benzene rings is 2. The van der Waals surface area contributed by atoms with Crippen LogP contribution in [0.1, 0.15) is 37.8 Å². The van der Waals surface area contributed by atoms with Crippen LogP contribution >= 0.6 is 15.9 Å². The summed E-state index contributed by atoms with van der Waals surface area (Å²) in [7, 11) is 0. The van der Waals surface area contributed by atoms with Gasteiger partial charge in [0.25, 0.3) is 0 Å². The fraction of sp³-hybridized carbons (Fsp3) is 0.333. The first-order valence-electron chi connectivity index (χ1n) is 8.89. The van der Waals surface area contributed by atoms with Crippen molar-refractivity contribution in [3.05, 3.63) is 64.1 Å². The number of hydrogen-bond acceptors (Lipinski definition) is 2. The average Bonchev–Trinajstić information content (AvgIpc) is 2.65. The molecule has 2 N–H and O–H groups in total. The van der Waals surface area contributed by atoms with Gasteiger partial charge in [-0.05, 0) is 42.2 Å². The molecule has 26 heavy (non-hydrogen) atoms. The summed E-state index contributed by atoms with van der Waals surface area (Å²) >= 11 is 3.50. The van der Waals surface area contributed by atoms with Crippen LogP contribution in [-0.4, -0.2) is 11.8 Å². The van der Waals surface area contributed by atoms with E-state index in [1.54, 1.807) is 0 Å². The highest BCUT2D eigenvalue weighted by molar-refractivity contribution is 9.10. The number of amides is 2. The Hall–Kier alpha value is -2.14. The first-order valence-corrected chi connectivity index (χ1v) is 9.68. The molecule has 0 saturated heterocycles. The van der Waals surface area contributed by atoms with Gasteiger partial charge in [0.15, 0.2) is 0 Å². The first-order chi connectivity index (χ1) is 12.5. The molecule has 1 atom stereocenters. The highest BCUT2D eigenvalue weighted by atomic mass is 79.9. The zero-order valence-corrected chi connectivity index (χ0v) is 16.8. The Morgan fingerprint density at radius 3 is 2.62 bits per heavy atom. The minimum Gasteiger partial charge on any atom is -0.352 e. The van der Waals surface area contributed by atoms with Gasteiger partial charge in [0.05, 0.1) is 0 Å². The lowest BCUT2D eigenvalue weighted by Crippen LogP contribution is -2.23. The lowest BCUT2D eigenvalue weighted by atomic mass is 10.1. The van der Waals surface area contributed by atoms with Gasteiger partial charge in [-0.25, -0.2) is 0 Å². The zero-order valence-electron chi connectivity index (χ0n) is 15.2.